The number of rotatable bonds is 4. The van der Waals surface area contributed by atoms with E-state index in [-0.39, 0.29) is 5.82 Å². The van der Waals surface area contributed by atoms with Crippen molar-refractivity contribution in [1.82, 2.24) is 5.32 Å². The van der Waals surface area contributed by atoms with Gasteiger partial charge in [0.05, 0.1) is 0 Å². The summed E-state index contributed by atoms with van der Waals surface area (Å²) in [4.78, 5) is 0.988. The minimum Gasteiger partial charge on any atom is -0.398 e. The summed E-state index contributed by atoms with van der Waals surface area (Å²) in [6.07, 6.45) is 5.07. The summed E-state index contributed by atoms with van der Waals surface area (Å²) in [6, 6.07) is 5.28. The number of nitrogen functional groups attached to an aromatic ring is 1. The number of piperidine rings is 1. The second kappa shape index (κ2) is 6.26. The molecule has 0 bridgehead atoms. The molecule has 1 aliphatic rings. The minimum absolute atomic E-state index is 0.263. The molecule has 0 amide bonds. The van der Waals surface area contributed by atoms with E-state index < -0.39 is 0 Å². The van der Waals surface area contributed by atoms with E-state index >= 15 is 0 Å². The molecule has 0 saturated carbocycles. The summed E-state index contributed by atoms with van der Waals surface area (Å²) < 4.78 is 12.9. The number of halogens is 1. The van der Waals surface area contributed by atoms with E-state index in [4.69, 9.17) is 5.73 Å². The molecule has 4 heteroatoms. The summed E-state index contributed by atoms with van der Waals surface area (Å²) in [5.74, 6) is 0.772. The second-order valence-electron chi connectivity index (χ2n) is 4.47. The molecule has 2 nitrogen and oxygen atoms in total. The van der Waals surface area contributed by atoms with Gasteiger partial charge < -0.3 is 11.1 Å². The highest BCUT2D eigenvalue weighted by Crippen LogP contribution is 2.27. The van der Waals surface area contributed by atoms with Gasteiger partial charge in [0.15, 0.2) is 0 Å². The van der Waals surface area contributed by atoms with Gasteiger partial charge >= 0.3 is 0 Å². The molecule has 1 atom stereocenters. The van der Waals surface area contributed by atoms with Crippen LogP contribution in [-0.2, 0) is 0 Å². The Hall–Kier alpha value is -0.740. The highest BCUT2D eigenvalue weighted by atomic mass is 32.2. The zero-order valence-electron chi connectivity index (χ0n) is 9.92. The van der Waals surface area contributed by atoms with E-state index in [0.29, 0.717) is 11.7 Å². The Morgan fingerprint density at radius 2 is 2.29 bits per heavy atom. The minimum atomic E-state index is -0.263. The van der Waals surface area contributed by atoms with Crippen molar-refractivity contribution in [2.45, 2.75) is 36.6 Å². The van der Waals surface area contributed by atoms with Crippen LogP contribution < -0.4 is 11.1 Å². The number of anilines is 1. The van der Waals surface area contributed by atoms with Crippen LogP contribution in [0.2, 0.25) is 0 Å². The van der Waals surface area contributed by atoms with E-state index in [2.05, 4.69) is 5.32 Å². The maximum atomic E-state index is 12.9. The monoisotopic (exact) mass is 254 g/mol. The van der Waals surface area contributed by atoms with Crippen LogP contribution in [0.1, 0.15) is 25.7 Å². The first-order chi connectivity index (χ1) is 8.25. The second-order valence-corrected chi connectivity index (χ2v) is 5.60. The molecule has 1 unspecified atom stereocenters. The Labute approximate surface area is 106 Å². The lowest BCUT2D eigenvalue weighted by atomic mass is 10.0. The molecule has 1 aliphatic heterocycles. The van der Waals surface area contributed by atoms with E-state index in [1.165, 1.54) is 31.4 Å². The fraction of sp³-hybridized carbons (Fsp3) is 0.538. The number of benzene rings is 1. The van der Waals surface area contributed by atoms with Crippen LogP contribution in [0.3, 0.4) is 0 Å². The molecule has 94 valence electrons. The molecular weight excluding hydrogens is 235 g/mol. The third kappa shape index (κ3) is 3.89. The highest BCUT2D eigenvalue weighted by Gasteiger charge is 2.12. The molecular formula is C13H19FN2S. The van der Waals surface area contributed by atoms with Gasteiger partial charge in [0.1, 0.15) is 5.82 Å². The van der Waals surface area contributed by atoms with Crippen molar-refractivity contribution in [3.63, 3.8) is 0 Å². The topological polar surface area (TPSA) is 38.0 Å². The SMILES string of the molecule is Nc1cc(F)ccc1SCCC1CCCCN1. The third-order valence-corrected chi connectivity index (χ3v) is 4.23. The van der Waals surface area contributed by atoms with Crippen molar-refractivity contribution < 1.29 is 4.39 Å². The van der Waals surface area contributed by atoms with Gasteiger partial charge in [0.25, 0.3) is 0 Å². The summed E-state index contributed by atoms with van der Waals surface area (Å²) in [7, 11) is 0. The van der Waals surface area contributed by atoms with E-state index in [1.807, 2.05) is 0 Å². The van der Waals surface area contributed by atoms with Crippen molar-refractivity contribution in [2.75, 3.05) is 18.0 Å². The van der Waals surface area contributed by atoms with Gasteiger partial charge in [-0.3, -0.25) is 0 Å². The lowest BCUT2D eigenvalue weighted by Crippen LogP contribution is -2.34. The first kappa shape index (κ1) is 12.7. The Balaban J connectivity index is 1.77. The van der Waals surface area contributed by atoms with Crippen LogP contribution >= 0.6 is 11.8 Å². The summed E-state index contributed by atoms with van der Waals surface area (Å²) in [5, 5.41) is 3.52. The summed E-state index contributed by atoms with van der Waals surface area (Å²) in [5.41, 5.74) is 6.31. The Bertz CT molecular complexity index is 364. The fourth-order valence-corrected chi connectivity index (χ4v) is 3.14. The van der Waals surface area contributed by atoms with Crippen molar-refractivity contribution in [3.8, 4) is 0 Å². The van der Waals surface area contributed by atoms with Crippen LogP contribution in [0.5, 0.6) is 0 Å². The van der Waals surface area contributed by atoms with Gasteiger partial charge in [-0.2, -0.15) is 0 Å². The molecule has 2 rings (SSSR count). The molecule has 0 aromatic heterocycles. The van der Waals surface area contributed by atoms with E-state index in [1.54, 1.807) is 17.8 Å². The average molecular weight is 254 g/mol. The van der Waals surface area contributed by atoms with Crippen molar-refractivity contribution in [3.05, 3.63) is 24.0 Å². The molecule has 1 saturated heterocycles. The number of hydrogen-bond donors (Lipinski definition) is 2. The molecule has 0 spiro atoms. The van der Waals surface area contributed by atoms with Gasteiger partial charge in [-0.05, 0) is 49.8 Å². The first-order valence-electron chi connectivity index (χ1n) is 6.17. The van der Waals surface area contributed by atoms with Crippen LogP contribution in [0.15, 0.2) is 23.1 Å². The smallest absolute Gasteiger partial charge is 0.125 e. The molecule has 1 aromatic carbocycles. The summed E-state index contributed by atoms with van der Waals surface area (Å²) >= 11 is 1.72. The molecule has 0 radical (unpaired) electrons. The molecule has 1 heterocycles. The van der Waals surface area contributed by atoms with Gasteiger partial charge in [-0.1, -0.05) is 6.42 Å². The zero-order chi connectivity index (χ0) is 12.1. The van der Waals surface area contributed by atoms with Crippen LogP contribution in [0.4, 0.5) is 10.1 Å². The van der Waals surface area contributed by atoms with Crippen LogP contribution in [0.25, 0.3) is 0 Å². The molecule has 1 aromatic rings. The van der Waals surface area contributed by atoms with Crippen molar-refractivity contribution >= 4 is 17.4 Å². The van der Waals surface area contributed by atoms with Gasteiger partial charge in [0.2, 0.25) is 0 Å². The van der Waals surface area contributed by atoms with Gasteiger partial charge in [-0.15, -0.1) is 11.8 Å². The van der Waals surface area contributed by atoms with Crippen molar-refractivity contribution in [1.29, 1.82) is 0 Å². The summed E-state index contributed by atoms with van der Waals surface area (Å²) in [6.45, 7) is 1.15. The Morgan fingerprint density at radius 3 is 3.00 bits per heavy atom. The normalized spacial score (nSPS) is 20.4. The fourth-order valence-electron chi connectivity index (χ4n) is 2.13. The average Bonchev–Trinajstić information content (AvgIpc) is 2.33. The number of thioether (sulfide) groups is 1. The Morgan fingerprint density at radius 1 is 1.41 bits per heavy atom. The zero-order valence-corrected chi connectivity index (χ0v) is 10.7. The van der Waals surface area contributed by atoms with Gasteiger partial charge in [-0.25, -0.2) is 4.39 Å². The molecule has 3 N–H and O–H groups in total. The van der Waals surface area contributed by atoms with E-state index in [9.17, 15) is 4.39 Å². The molecule has 17 heavy (non-hydrogen) atoms. The van der Waals surface area contributed by atoms with Crippen LogP contribution in [0, 0.1) is 5.82 Å². The predicted octanol–water partition coefficient (Wildman–Crippen LogP) is 3.03. The van der Waals surface area contributed by atoms with Gasteiger partial charge in [0, 0.05) is 16.6 Å². The quantitative estimate of drug-likeness (QED) is 0.640. The molecule has 1 fully saturated rings. The third-order valence-electron chi connectivity index (χ3n) is 3.11. The standard InChI is InChI=1S/C13H19FN2S/c14-10-4-5-13(12(15)9-10)17-8-6-11-3-1-2-7-16-11/h4-5,9,11,16H,1-3,6-8,15H2. The highest BCUT2D eigenvalue weighted by molar-refractivity contribution is 7.99. The molecule has 0 aliphatic carbocycles. The van der Waals surface area contributed by atoms with Crippen molar-refractivity contribution in [2.24, 2.45) is 0 Å². The Kier molecular flexibility index (Phi) is 4.68. The lowest BCUT2D eigenvalue weighted by molar-refractivity contribution is 0.395. The maximum absolute atomic E-state index is 12.9. The lowest BCUT2D eigenvalue weighted by Gasteiger charge is -2.23. The first-order valence-corrected chi connectivity index (χ1v) is 7.15. The van der Waals surface area contributed by atoms with E-state index in [0.717, 1.165) is 23.6 Å². The number of nitrogens with one attached hydrogen (secondary N) is 1. The number of hydrogen-bond acceptors (Lipinski definition) is 3. The number of nitrogens with two attached hydrogens (primary N) is 1. The maximum Gasteiger partial charge on any atom is 0.125 e. The van der Waals surface area contributed by atoms with Crippen LogP contribution in [-0.4, -0.2) is 18.3 Å². The predicted molar refractivity (Wildman–Crippen MR) is 71.8 cm³/mol. The largest absolute Gasteiger partial charge is 0.398 e.